The lowest BCUT2D eigenvalue weighted by Gasteiger charge is -2.42. The first-order valence-electron chi connectivity index (χ1n) is 9.14. The number of nitriles is 2. The Morgan fingerprint density at radius 1 is 1.16 bits per heavy atom. The number of anilines is 1. The molecule has 0 aromatic heterocycles. The van der Waals surface area contributed by atoms with Crippen molar-refractivity contribution >= 4 is 11.6 Å². The zero-order valence-electron chi connectivity index (χ0n) is 16.5. The molecule has 0 bridgehead atoms. The molecule has 2 aromatic carbocycles. The molecule has 0 unspecified atom stereocenters. The zero-order valence-corrected chi connectivity index (χ0v) is 16.5. The van der Waals surface area contributed by atoms with E-state index < -0.39 is 29.5 Å². The molecule has 0 fully saturated rings. The summed E-state index contributed by atoms with van der Waals surface area (Å²) in [5.74, 6) is 0.356. The van der Waals surface area contributed by atoms with E-state index in [0.717, 1.165) is 12.1 Å². The van der Waals surface area contributed by atoms with Gasteiger partial charge in [0, 0.05) is 11.3 Å². The second-order valence-corrected chi connectivity index (χ2v) is 7.40. The third kappa shape index (κ3) is 4.71. The predicted octanol–water partition coefficient (Wildman–Crippen LogP) is 3.69. The van der Waals surface area contributed by atoms with E-state index in [0.29, 0.717) is 16.9 Å². The van der Waals surface area contributed by atoms with Gasteiger partial charge in [-0.05, 0) is 56.3 Å². The maximum atomic E-state index is 12.8. The molecule has 0 aliphatic carbocycles. The van der Waals surface area contributed by atoms with Crippen molar-refractivity contribution in [2.45, 2.75) is 37.8 Å². The molecular formula is C21H18F3N5O2. The van der Waals surface area contributed by atoms with Gasteiger partial charge in [0.1, 0.15) is 17.5 Å². The van der Waals surface area contributed by atoms with Crippen LogP contribution in [0.2, 0.25) is 0 Å². The van der Waals surface area contributed by atoms with Gasteiger partial charge in [-0.2, -0.15) is 23.7 Å². The van der Waals surface area contributed by atoms with Crippen molar-refractivity contribution in [1.82, 2.24) is 5.32 Å². The number of nitrogens with one attached hydrogen (secondary N) is 2. The summed E-state index contributed by atoms with van der Waals surface area (Å²) >= 11 is 0. The molecule has 2 atom stereocenters. The number of benzene rings is 2. The molecule has 3 N–H and O–H groups in total. The number of rotatable bonds is 2. The average Bonchev–Trinajstić information content (AvgIpc) is 2.71. The minimum absolute atomic E-state index is 0.0858. The lowest BCUT2D eigenvalue weighted by Crippen LogP contribution is -2.54. The van der Waals surface area contributed by atoms with E-state index in [1.165, 1.54) is 12.1 Å². The monoisotopic (exact) mass is 429 g/mol. The molecule has 7 nitrogen and oxygen atoms in total. The number of nitrogens with zero attached hydrogens (tertiary/aromatic N) is 3. The van der Waals surface area contributed by atoms with Crippen molar-refractivity contribution in [3.8, 4) is 18.0 Å². The van der Waals surface area contributed by atoms with Crippen LogP contribution in [-0.4, -0.2) is 22.8 Å². The van der Waals surface area contributed by atoms with Crippen molar-refractivity contribution in [2.24, 2.45) is 4.99 Å². The maximum absolute atomic E-state index is 12.8. The van der Waals surface area contributed by atoms with Crippen LogP contribution < -0.4 is 15.4 Å². The Hall–Kier alpha value is -3.76. The van der Waals surface area contributed by atoms with Crippen LogP contribution in [0.3, 0.4) is 0 Å². The molecule has 0 saturated heterocycles. The van der Waals surface area contributed by atoms with Gasteiger partial charge in [0.2, 0.25) is 12.2 Å². The molecular weight excluding hydrogens is 411 g/mol. The molecule has 1 heterocycles. The quantitative estimate of drug-likeness (QED) is 0.381. The Balaban J connectivity index is 1.91. The molecule has 2 aromatic rings. The minimum Gasteiger partial charge on any atom is -0.485 e. The molecule has 1 aliphatic rings. The molecule has 0 amide bonds. The van der Waals surface area contributed by atoms with Crippen molar-refractivity contribution in [3.05, 3.63) is 59.2 Å². The first-order chi connectivity index (χ1) is 14.5. The largest absolute Gasteiger partial charge is 0.485 e. The molecule has 3 rings (SSSR count). The molecule has 0 radical (unpaired) electrons. The lowest BCUT2D eigenvalue weighted by molar-refractivity contribution is -0.137. The summed E-state index contributed by atoms with van der Waals surface area (Å²) < 4.78 is 44.1. The summed E-state index contributed by atoms with van der Waals surface area (Å²) in [4.78, 5) is 3.64. The van der Waals surface area contributed by atoms with Crippen LogP contribution in [0.4, 0.5) is 18.9 Å². The van der Waals surface area contributed by atoms with Crippen LogP contribution >= 0.6 is 0 Å². The Morgan fingerprint density at radius 2 is 1.84 bits per heavy atom. The smallest absolute Gasteiger partial charge is 0.416 e. The normalized spacial score (nSPS) is 19.9. The molecule has 0 spiro atoms. The number of aliphatic hydroxyl groups excluding tert-OH is 1. The Bertz CT molecular complexity index is 1080. The summed E-state index contributed by atoms with van der Waals surface area (Å²) in [6, 6.07) is 10.1. The number of guanidine groups is 1. The number of hydrogen-bond acceptors (Lipinski definition) is 5. The summed E-state index contributed by atoms with van der Waals surface area (Å²) in [6.45, 7) is 3.36. The number of halogens is 3. The predicted molar refractivity (Wildman–Crippen MR) is 106 cm³/mol. The highest BCUT2D eigenvalue weighted by molar-refractivity contribution is 5.94. The second kappa shape index (κ2) is 8.17. The van der Waals surface area contributed by atoms with Crippen molar-refractivity contribution < 1.29 is 23.0 Å². The van der Waals surface area contributed by atoms with E-state index in [9.17, 15) is 23.5 Å². The number of hydrogen-bond donors (Lipinski definition) is 3. The zero-order chi connectivity index (χ0) is 22.8. The Morgan fingerprint density at radius 3 is 2.42 bits per heavy atom. The number of alkyl halides is 3. The van der Waals surface area contributed by atoms with Crippen LogP contribution in [-0.2, 0) is 6.18 Å². The van der Waals surface area contributed by atoms with Gasteiger partial charge in [-0.3, -0.25) is 0 Å². The van der Waals surface area contributed by atoms with E-state index in [4.69, 9.17) is 10.00 Å². The van der Waals surface area contributed by atoms with Gasteiger partial charge in [0.25, 0.3) is 0 Å². The molecule has 160 valence electrons. The number of aliphatic hydroxyl groups is 1. The fourth-order valence-electron chi connectivity index (χ4n) is 3.20. The number of aliphatic imine (C=N–C) groups is 1. The van der Waals surface area contributed by atoms with Gasteiger partial charge in [-0.25, -0.2) is 0 Å². The van der Waals surface area contributed by atoms with Crippen LogP contribution in [0.25, 0.3) is 0 Å². The van der Waals surface area contributed by atoms with Gasteiger partial charge in [-0.1, -0.05) is 0 Å². The molecule has 10 heteroatoms. The van der Waals surface area contributed by atoms with Gasteiger partial charge >= 0.3 is 6.18 Å². The fourth-order valence-corrected chi connectivity index (χ4v) is 3.20. The van der Waals surface area contributed by atoms with Gasteiger partial charge in [0.15, 0.2) is 0 Å². The average molecular weight is 429 g/mol. The Labute approximate surface area is 176 Å². The van der Waals surface area contributed by atoms with Gasteiger partial charge < -0.3 is 20.5 Å². The summed E-state index contributed by atoms with van der Waals surface area (Å²) in [7, 11) is 0. The van der Waals surface area contributed by atoms with Crippen LogP contribution in [0, 0.1) is 22.8 Å². The van der Waals surface area contributed by atoms with Crippen LogP contribution in [0.1, 0.15) is 36.6 Å². The number of fused-ring (bicyclic) bond motifs is 1. The summed E-state index contributed by atoms with van der Waals surface area (Å²) in [6.07, 6.45) is -3.96. The lowest BCUT2D eigenvalue weighted by atomic mass is 9.86. The SMILES string of the molecule is CC1(C)Oc2ccc(C#N)cc2[C@@H](NC(=NC#N)Nc2ccc(C(F)(F)F)cc2)[C@@H]1O. The minimum atomic E-state index is -4.47. The standard InChI is InChI=1S/C21H18F3N5O2/c1-20(2)18(30)17(15-9-12(10-25)3-8-16(15)31-20)29-19(27-11-26)28-14-6-4-13(5-7-14)21(22,23)24/h3-9,17-18,30H,1-2H3,(H2,27,28,29)/t17-,18+/m1/s1. The first kappa shape index (κ1) is 21.9. The maximum Gasteiger partial charge on any atom is 0.416 e. The highest BCUT2D eigenvalue weighted by Crippen LogP contribution is 2.40. The first-order valence-corrected chi connectivity index (χ1v) is 9.14. The summed E-state index contributed by atoms with van der Waals surface area (Å²) in [5.41, 5.74) is -0.753. The van der Waals surface area contributed by atoms with Crippen LogP contribution in [0.15, 0.2) is 47.5 Å². The van der Waals surface area contributed by atoms with Gasteiger partial charge in [-0.15, -0.1) is 4.99 Å². The highest BCUT2D eigenvalue weighted by Gasteiger charge is 2.43. The topological polar surface area (TPSA) is 113 Å². The van der Waals surface area contributed by atoms with E-state index in [1.54, 1.807) is 38.2 Å². The van der Waals surface area contributed by atoms with E-state index in [2.05, 4.69) is 15.6 Å². The fraction of sp³-hybridized carbons (Fsp3) is 0.286. The van der Waals surface area contributed by atoms with E-state index in [-0.39, 0.29) is 11.6 Å². The Kier molecular flexibility index (Phi) is 5.78. The number of ether oxygens (including phenoxy) is 1. The van der Waals surface area contributed by atoms with E-state index in [1.807, 2.05) is 6.07 Å². The van der Waals surface area contributed by atoms with Crippen LogP contribution in [0.5, 0.6) is 5.75 Å². The van der Waals surface area contributed by atoms with Crippen molar-refractivity contribution in [3.63, 3.8) is 0 Å². The van der Waals surface area contributed by atoms with Gasteiger partial charge in [0.05, 0.1) is 23.2 Å². The van der Waals surface area contributed by atoms with E-state index >= 15 is 0 Å². The third-order valence-corrected chi connectivity index (χ3v) is 4.80. The second-order valence-electron chi connectivity index (χ2n) is 7.40. The van der Waals surface area contributed by atoms with Crippen molar-refractivity contribution in [2.75, 3.05) is 5.32 Å². The molecule has 1 aliphatic heterocycles. The molecule has 0 saturated carbocycles. The van der Waals surface area contributed by atoms with Crippen molar-refractivity contribution in [1.29, 1.82) is 10.5 Å². The summed E-state index contributed by atoms with van der Waals surface area (Å²) in [5, 5.41) is 34.8. The molecule has 31 heavy (non-hydrogen) atoms. The third-order valence-electron chi connectivity index (χ3n) is 4.80. The highest BCUT2D eigenvalue weighted by atomic mass is 19.4.